The number of nitrogens with two attached hydrogens (primary N) is 1. The van der Waals surface area contributed by atoms with Crippen molar-refractivity contribution in [3.05, 3.63) is 52.3 Å². The van der Waals surface area contributed by atoms with Gasteiger partial charge in [-0.2, -0.15) is 0 Å². The molecule has 1 aliphatic rings. The molecule has 1 aliphatic heterocycles. The molecule has 0 spiro atoms. The van der Waals surface area contributed by atoms with E-state index in [0.717, 1.165) is 11.2 Å². The fraction of sp³-hybridized carbons (Fsp3) is 0.238. The zero-order valence-corrected chi connectivity index (χ0v) is 17.8. The third kappa shape index (κ3) is 3.11. The van der Waals surface area contributed by atoms with Gasteiger partial charge in [0.05, 0.1) is 16.6 Å². The molecule has 32 heavy (non-hydrogen) atoms. The SMILES string of the molecule is CCn1c(-c2nonc2N)nc2c(Cl)nc(CCCN3C(=O)c4ccccc4C3=O)cc21. The molecule has 0 saturated carbocycles. The van der Waals surface area contributed by atoms with Gasteiger partial charge in [0, 0.05) is 18.8 Å². The number of fused-ring (bicyclic) bond motifs is 2. The van der Waals surface area contributed by atoms with Crippen molar-refractivity contribution in [2.75, 3.05) is 12.3 Å². The van der Waals surface area contributed by atoms with Gasteiger partial charge in [0.1, 0.15) is 5.52 Å². The van der Waals surface area contributed by atoms with Gasteiger partial charge in [-0.05, 0) is 48.3 Å². The van der Waals surface area contributed by atoms with Crippen LogP contribution >= 0.6 is 11.6 Å². The first kappa shape index (κ1) is 20.1. The number of aryl methyl sites for hydroxylation is 2. The quantitative estimate of drug-likeness (QED) is 0.349. The number of carbonyl (C=O) groups is 2. The Morgan fingerprint density at radius 2 is 1.81 bits per heavy atom. The van der Waals surface area contributed by atoms with Crippen molar-refractivity contribution in [2.45, 2.75) is 26.3 Å². The maximum absolute atomic E-state index is 12.5. The lowest BCUT2D eigenvalue weighted by Crippen LogP contribution is -2.31. The van der Waals surface area contributed by atoms with Crippen molar-refractivity contribution in [3.63, 3.8) is 0 Å². The van der Waals surface area contributed by atoms with Crippen LogP contribution in [-0.4, -0.2) is 48.1 Å². The number of amides is 2. The number of rotatable bonds is 6. The molecule has 5 rings (SSSR count). The van der Waals surface area contributed by atoms with Crippen LogP contribution in [0.15, 0.2) is 35.0 Å². The van der Waals surface area contributed by atoms with Gasteiger partial charge >= 0.3 is 0 Å². The van der Waals surface area contributed by atoms with Crippen LogP contribution in [0.25, 0.3) is 22.6 Å². The molecule has 4 aromatic rings. The predicted molar refractivity (Wildman–Crippen MR) is 116 cm³/mol. The number of halogens is 1. The van der Waals surface area contributed by atoms with Crippen LogP contribution < -0.4 is 5.73 Å². The van der Waals surface area contributed by atoms with E-state index in [-0.39, 0.29) is 22.8 Å². The average Bonchev–Trinajstić information content (AvgIpc) is 3.44. The minimum atomic E-state index is -0.264. The van der Waals surface area contributed by atoms with Crippen LogP contribution in [0.3, 0.4) is 0 Å². The summed E-state index contributed by atoms with van der Waals surface area (Å²) in [7, 11) is 0. The zero-order valence-electron chi connectivity index (χ0n) is 17.1. The highest BCUT2D eigenvalue weighted by molar-refractivity contribution is 6.33. The number of nitrogen functional groups attached to an aromatic ring is 1. The highest BCUT2D eigenvalue weighted by atomic mass is 35.5. The maximum atomic E-state index is 12.5. The molecule has 0 bridgehead atoms. The number of imide groups is 1. The predicted octanol–water partition coefficient (Wildman–Crippen LogP) is 2.97. The normalized spacial score (nSPS) is 13.4. The van der Waals surface area contributed by atoms with E-state index in [1.54, 1.807) is 24.3 Å². The number of anilines is 1. The van der Waals surface area contributed by atoms with E-state index in [2.05, 4.69) is 20.3 Å². The van der Waals surface area contributed by atoms with E-state index >= 15 is 0 Å². The summed E-state index contributed by atoms with van der Waals surface area (Å²) >= 11 is 6.42. The van der Waals surface area contributed by atoms with Gasteiger partial charge in [0.15, 0.2) is 22.5 Å². The minimum Gasteiger partial charge on any atom is -0.379 e. The van der Waals surface area contributed by atoms with Crippen LogP contribution in [0.4, 0.5) is 5.82 Å². The molecular weight excluding hydrogens is 434 g/mol. The second kappa shape index (κ2) is 7.72. The lowest BCUT2D eigenvalue weighted by atomic mass is 10.1. The number of nitrogens with zero attached hydrogens (tertiary/aromatic N) is 6. The summed E-state index contributed by atoms with van der Waals surface area (Å²) in [6, 6.07) is 8.75. The molecule has 0 unspecified atom stereocenters. The van der Waals surface area contributed by atoms with Crippen molar-refractivity contribution < 1.29 is 14.2 Å². The Morgan fingerprint density at radius 3 is 2.44 bits per heavy atom. The van der Waals surface area contributed by atoms with Gasteiger partial charge in [0.2, 0.25) is 0 Å². The highest BCUT2D eigenvalue weighted by Crippen LogP contribution is 2.30. The molecule has 0 atom stereocenters. The van der Waals surface area contributed by atoms with E-state index in [0.29, 0.717) is 54.1 Å². The molecule has 162 valence electrons. The molecule has 0 saturated heterocycles. The topological polar surface area (TPSA) is 133 Å². The Morgan fingerprint density at radius 1 is 1.09 bits per heavy atom. The maximum Gasteiger partial charge on any atom is 0.261 e. The summed E-state index contributed by atoms with van der Waals surface area (Å²) < 4.78 is 6.61. The third-order valence-corrected chi connectivity index (χ3v) is 5.75. The van der Waals surface area contributed by atoms with Crippen molar-refractivity contribution in [1.82, 2.24) is 29.7 Å². The molecule has 10 nitrogen and oxygen atoms in total. The fourth-order valence-corrected chi connectivity index (χ4v) is 4.22. The molecule has 3 aromatic heterocycles. The van der Waals surface area contributed by atoms with Crippen LogP contribution in [-0.2, 0) is 13.0 Å². The molecule has 2 amide bonds. The first-order chi connectivity index (χ1) is 15.5. The minimum absolute atomic E-state index is 0.139. The van der Waals surface area contributed by atoms with Crippen LogP contribution in [0, 0.1) is 0 Å². The third-order valence-electron chi connectivity index (χ3n) is 5.48. The summed E-state index contributed by atoms with van der Waals surface area (Å²) in [6.45, 7) is 2.85. The number of carbonyl (C=O) groups excluding carboxylic acids is 2. The van der Waals surface area contributed by atoms with Crippen molar-refractivity contribution >= 4 is 40.3 Å². The van der Waals surface area contributed by atoms with Gasteiger partial charge in [-0.1, -0.05) is 23.7 Å². The second-order valence-corrected chi connectivity index (χ2v) is 7.72. The van der Waals surface area contributed by atoms with E-state index in [1.807, 2.05) is 17.6 Å². The van der Waals surface area contributed by atoms with Gasteiger partial charge in [-0.3, -0.25) is 14.5 Å². The summed E-state index contributed by atoms with van der Waals surface area (Å²) in [4.78, 5) is 35.3. The Bertz CT molecular complexity index is 1340. The number of imidazole rings is 1. The van der Waals surface area contributed by atoms with E-state index in [9.17, 15) is 9.59 Å². The first-order valence-electron chi connectivity index (χ1n) is 10.1. The molecule has 0 fully saturated rings. The Balaban J connectivity index is 1.38. The van der Waals surface area contributed by atoms with E-state index in [1.165, 1.54) is 4.90 Å². The van der Waals surface area contributed by atoms with Crippen LogP contribution in [0.1, 0.15) is 39.8 Å². The first-order valence-corrected chi connectivity index (χ1v) is 10.5. The molecule has 4 heterocycles. The Kier molecular flexibility index (Phi) is 4.86. The molecule has 0 aliphatic carbocycles. The van der Waals surface area contributed by atoms with Gasteiger partial charge in [-0.25, -0.2) is 14.6 Å². The van der Waals surface area contributed by atoms with Gasteiger partial charge < -0.3 is 10.3 Å². The monoisotopic (exact) mass is 451 g/mol. The van der Waals surface area contributed by atoms with Crippen molar-refractivity contribution in [1.29, 1.82) is 0 Å². The smallest absolute Gasteiger partial charge is 0.261 e. The summed E-state index contributed by atoms with van der Waals surface area (Å²) in [5.74, 6) is 0.104. The number of benzene rings is 1. The number of pyridine rings is 1. The molecule has 0 radical (unpaired) electrons. The largest absolute Gasteiger partial charge is 0.379 e. The lowest BCUT2D eigenvalue weighted by Gasteiger charge is -2.13. The van der Waals surface area contributed by atoms with Gasteiger partial charge in [-0.15, -0.1) is 0 Å². The highest BCUT2D eigenvalue weighted by Gasteiger charge is 2.34. The Hall–Kier alpha value is -3.79. The van der Waals surface area contributed by atoms with E-state index in [4.69, 9.17) is 22.0 Å². The average molecular weight is 452 g/mol. The summed E-state index contributed by atoms with van der Waals surface area (Å²) in [5, 5.41) is 7.71. The van der Waals surface area contributed by atoms with Crippen molar-refractivity contribution in [2.24, 2.45) is 0 Å². The fourth-order valence-electron chi connectivity index (χ4n) is 3.97. The molecular formula is C21H18ClN7O3. The molecule has 11 heteroatoms. The summed E-state index contributed by atoms with van der Waals surface area (Å²) in [6.07, 6.45) is 1.08. The number of hydrogen-bond acceptors (Lipinski definition) is 8. The van der Waals surface area contributed by atoms with Gasteiger partial charge in [0.25, 0.3) is 11.8 Å². The Labute approximate surface area is 186 Å². The van der Waals surface area contributed by atoms with Crippen LogP contribution in [0.2, 0.25) is 5.15 Å². The van der Waals surface area contributed by atoms with Crippen molar-refractivity contribution in [3.8, 4) is 11.5 Å². The van der Waals surface area contributed by atoms with E-state index < -0.39 is 0 Å². The lowest BCUT2D eigenvalue weighted by molar-refractivity contribution is 0.0652. The summed E-state index contributed by atoms with van der Waals surface area (Å²) in [5.41, 5.74) is 9.10. The second-order valence-electron chi connectivity index (χ2n) is 7.36. The molecule has 2 N–H and O–H groups in total. The molecule has 1 aromatic carbocycles. The zero-order chi connectivity index (χ0) is 22.4. The van der Waals surface area contributed by atoms with Crippen LogP contribution in [0.5, 0.6) is 0 Å². The number of aromatic nitrogens is 5. The standard InChI is InChI=1S/C21H18ClN7O3/c1-2-28-14-10-11(24-17(22)15(14)25-19(28)16-18(23)27-32-26-16)6-5-9-29-20(30)12-7-3-4-8-13(12)21(29)31/h3-4,7-8,10H,2,5-6,9H2,1H3,(H2,23,27). The number of hydrogen-bond donors (Lipinski definition) is 1.